The van der Waals surface area contributed by atoms with Crippen molar-refractivity contribution in [3.05, 3.63) is 47.9 Å². The number of methoxy groups -OCH3 is 2. The topological polar surface area (TPSA) is 71.3 Å². The molecule has 0 aliphatic rings. The van der Waals surface area contributed by atoms with Crippen LogP contribution in [0.1, 0.15) is 24.3 Å². The maximum Gasteiger partial charge on any atom is 0.191 e. The molecule has 0 spiro atoms. The van der Waals surface area contributed by atoms with Crippen LogP contribution >= 0.6 is 0 Å². The molecule has 7 heteroatoms. The molecule has 0 amide bonds. The van der Waals surface area contributed by atoms with Gasteiger partial charge in [-0.1, -0.05) is 6.07 Å². The first-order valence-corrected chi connectivity index (χ1v) is 9.02. The molecule has 1 heterocycles. The van der Waals surface area contributed by atoms with Crippen LogP contribution in [0.2, 0.25) is 0 Å². The number of rotatable bonds is 9. The highest BCUT2D eigenvalue weighted by molar-refractivity contribution is 5.79. The Bertz CT molecular complexity index is 714. The summed E-state index contributed by atoms with van der Waals surface area (Å²) < 4.78 is 16.2. The number of nitrogens with one attached hydrogen (secondary N) is 2. The van der Waals surface area contributed by atoms with E-state index in [1.165, 1.54) is 0 Å². The minimum atomic E-state index is 0.116. The second kappa shape index (κ2) is 10.5. The van der Waals surface area contributed by atoms with Crippen molar-refractivity contribution in [2.45, 2.75) is 19.5 Å². The quantitative estimate of drug-likeness (QED) is 0.519. The third-order valence-electron chi connectivity index (χ3n) is 4.17. The first-order chi connectivity index (χ1) is 13.1. The smallest absolute Gasteiger partial charge is 0.191 e. The second-order valence-electron chi connectivity index (χ2n) is 6.26. The Hall–Kier alpha value is -2.67. The van der Waals surface area contributed by atoms with Gasteiger partial charge in [0.2, 0.25) is 0 Å². The third kappa shape index (κ3) is 5.92. The number of aliphatic imine (C=N–C) groups is 1. The lowest BCUT2D eigenvalue weighted by atomic mass is 10.2. The van der Waals surface area contributed by atoms with E-state index in [0.717, 1.165) is 23.8 Å². The largest absolute Gasteiger partial charge is 0.493 e. The lowest BCUT2D eigenvalue weighted by Gasteiger charge is -2.23. The van der Waals surface area contributed by atoms with Gasteiger partial charge in [-0.3, -0.25) is 4.90 Å². The Kier molecular flexibility index (Phi) is 8.00. The number of benzene rings is 1. The van der Waals surface area contributed by atoms with Gasteiger partial charge in [0.05, 0.1) is 33.1 Å². The van der Waals surface area contributed by atoms with Crippen molar-refractivity contribution in [1.29, 1.82) is 0 Å². The van der Waals surface area contributed by atoms with Crippen LogP contribution in [0, 0.1) is 0 Å². The highest BCUT2D eigenvalue weighted by atomic mass is 16.5. The SMILES string of the molecule is CCNC(=NCc1ccc(OC)c(OC)c1)NCC(c1ccco1)N(C)C. The molecule has 0 fully saturated rings. The molecule has 1 aromatic heterocycles. The van der Waals surface area contributed by atoms with Crippen molar-refractivity contribution in [1.82, 2.24) is 15.5 Å². The van der Waals surface area contributed by atoms with Crippen molar-refractivity contribution in [2.75, 3.05) is 41.4 Å². The van der Waals surface area contributed by atoms with Gasteiger partial charge in [-0.2, -0.15) is 0 Å². The van der Waals surface area contributed by atoms with Crippen LogP contribution in [-0.4, -0.2) is 52.3 Å². The van der Waals surface area contributed by atoms with Crippen molar-refractivity contribution in [3.8, 4) is 11.5 Å². The number of furan rings is 1. The van der Waals surface area contributed by atoms with Gasteiger partial charge >= 0.3 is 0 Å². The van der Waals surface area contributed by atoms with Crippen LogP contribution in [-0.2, 0) is 6.54 Å². The average molecular weight is 374 g/mol. The third-order valence-corrected chi connectivity index (χ3v) is 4.17. The minimum absolute atomic E-state index is 0.116. The lowest BCUT2D eigenvalue weighted by Crippen LogP contribution is -2.41. The molecule has 0 bridgehead atoms. The maximum absolute atomic E-state index is 5.56. The van der Waals surface area contributed by atoms with Gasteiger partial charge in [0.25, 0.3) is 0 Å². The molecule has 2 rings (SSSR count). The number of likely N-dealkylation sites (N-methyl/N-ethyl adjacent to an activating group) is 1. The van der Waals surface area contributed by atoms with Gasteiger partial charge in [0, 0.05) is 13.1 Å². The molecule has 0 saturated carbocycles. The Morgan fingerprint density at radius 2 is 1.93 bits per heavy atom. The van der Waals surface area contributed by atoms with Gasteiger partial charge in [-0.15, -0.1) is 0 Å². The fraction of sp³-hybridized carbons (Fsp3) is 0.450. The average Bonchev–Trinajstić information content (AvgIpc) is 3.19. The molecule has 148 valence electrons. The Morgan fingerprint density at radius 1 is 1.15 bits per heavy atom. The van der Waals surface area contributed by atoms with Crippen LogP contribution in [0.25, 0.3) is 0 Å². The summed E-state index contributed by atoms with van der Waals surface area (Å²) >= 11 is 0. The molecule has 1 aromatic carbocycles. The van der Waals surface area contributed by atoms with Crippen molar-refractivity contribution >= 4 is 5.96 Å². The Labute approximate surface area is 161 Å². The van der Waals surface area contributed by atoms with Gasteiger partial charge in [0.15, 0.2) is 17.5 Å². The molecule has 0 radical (unpaired) electrons. The molecule has 2 aromatic rings. The number of nitrogens with zero attached hydrogens (tertiary/aromatic N) is 2. The normalized spacial score (nSPS) is 12.7. The van der Waals surface area contributed by atoms with Crippen LogP contribution in [0.15, 0.2) is 46.0 Å². The Balaban J connectivity index is 2.05. The zero-order valence-corrected chi connectivity index (χ0v) is 16.8. The van der Waals surface area contributed by atoms with Gasteiger partial charge in [-0.05, 0) is 50.8 Å². The van der Waals surface area contributed by atoms with Crippen molar-refractivity contribution in [2.24, 2.45) is 4.99 Å². The molecule has 0 aliphatic heterocycles. The summed E-state index contributed by atoms with van der Waals surface area (Å²) in [6.07, 6.45) is 1.70. The van der Waals surface area contributed by atoms with E-state index < -0.39 is 0 Å². The van der Waals surface area contributed by atoms with E-state index in [1.54, 1.807) is 20.5 Å². The maximum atomic E-state index is 5.56. The van der Waals surface area contributed by atoms with Gasteiger partial charge in [0.1, 0.15) is 5.76 Å². The molecule has 1 atom stereocenters. The number of ether oxygens (including phenoxy) is 2. The fourth-order valence-corrected chi connectivity index (χ4v) is 2.70. The first-order valence-electron chi connectivity index (χ1n) is 9.02. The van der Waals surface area contributed by atoms with E-state index in [9.17, 15) is 0 Å². The lowest BCUT2D eigenvalue weighted by molar-refractivity contribution is 0.258. The Morgan fingerprint density at radius 3 is 2.52 bits per heavy atom. The molecule has 0 aliphatic carbocycles. The van der Waals surface area contributed by atoms with E-state index in [4.69, 9.17) is 13.9 Å². The molecule has 1 unspecified atom stereocenters. The van der Waals surface area contributed by atoms with Crippen LogP contribution in [0.3, 0.4) is 0 Å². The van der Waals surface area contributed by atoms with E-state index >= 15 is 0 Å². The molecular formula is C20H30N4O3. The van der Waals surface area contributed by atoms with Crippen LogP contribution in [0.4, 0.5) is 0 Å². The summed E-state index contributed by atoms with van der Waals surface area (Å²) in [5.74, 6) is 3.09. The highest BCUT2D eigenvalue weighted by Crippen LogP contribution is 2.27. The number of hydrogen-bond acceptors (Lipinski definition) is 5. The number of hydrogen-bond donors (Lipinski definition) is 2. The predicted molar refractivity (Wildman–Crippen MR) is 108 cm³/mol. The van der Waals surface area contributed by atoms with Crippen LogP contribution < -0.4 is 20.1 Å². The zero-order valence-electron chi connectivity index (χ0n) is 16.8. The summed E-state index contributed by atoms with van der Waals surface area (Å²) in [5, 5.41) is 6.67. The highest BCUT2D eigenvalue weighted by Gasteiger charge is 2.17. The van der Waals surface area contributed by atoms with E-state index in [0.29, 0.717) is 24.6 Å². The summed E-state index contributed by atoms with van der Waals surface area (Å²) in [7, 11) is 7.32. The summed E-state index contributed by atoms with van der Waals surface area (Å²) in [5.41, 5.74) is 1.04. The molecular weight excluding hydrogens is 344 g/mol. The number of guanidine groups is 1. The predicted octanol–water partition coefficient (Wildman–Crippen LogP) is 2.65. The summed E-state index contributed by atoms with van der Waals surface area (Å²) in [6.45, 7) is 4.04. The zero-order chi connectivity index (χ0) is 19.6. The molecule has 2 N–H and O–H groups in total. The van der Waals surface area contributed by atoms with Crippen molar-refractivity contribution in [3.63, 3.8) is 0 Å². The second-order valence-corrected chi connectivity index (χ2v) is 6.26. The fourth-order valence-electron chi connectivity index (χ4n) is 2.70. The van der Waals surface area contributed by atoms with E-state index in [2.05, 4.69) is 20.5 Å². The minimum Gasteiger partial charge on any atom is -0.493 e. The van der Waals surface area contributed by atoms with E-state index in [1.807, 2.05) is 51.4 Å². The monoisotopic (exact) mass is 374 g/mol. The molecule has 27 heavy (non-hydrogen) atoms. The van der Waals surface area contributed by atoms with Crippen LogP contribution in [0.5, 0.6) is 11.5 Å². The first kappa shape index (κ1) is 20.6. The standard InChI is InChI=1S/C20H30N4O3/c1-6-21-20(23-14-16(24(2)3)17-8-7-11-27-17)22-13-15-9-10-18(25-4)19(12-15)26-5/h7-12,16H,6,13-14H2,1-5H3,(H2,21,22,23). The van der Waals surface area contributed by atoms with Crippen molar-refractivity contribution < 1.29 is 13.9 Å². The molecule has 0 saturated heterocycles. The summed E-state index contributed by atoms with van der Waals surface area (Å²) in [6, 6.07) is 9.83. The van der Waals surface area contributed by atoms with Gasteiger partial charge < -0.3 is 24.5 Å². The molecule has 7 nitrogen and oxygen atoms in total. The van der Waals surface area contributed by atoms with E-state index in [-0.39, 0.29) is 6.04 Å². The van der Waals surface area contributed by atoms with Gasteiger partial charge in [-0.25, -0.2) is 4.99 Å². The summed E-state index contributed by atoms with van der Waals surface area (Å²) in [4.78, 5) is 6.79.